The molecule has 0 bridgehead atoms. The summed E-state index contributed by atoms with van der Waals surface area (Å²) in [5, 5.41) is 9.69. The molecule has 0 heterocycles. The molecular weight excluding hydrogens is 219 g/mol. The van der Waals surface area contributed by atoms with Crippen molar-refractivity contribution in [1.82, 2.24) is 0 Å². The topological polar surface area (TPSA) is 29.5 Å². The highest BCUT2D eigenvalue weighted by Crippen LogP contribution is 2.21. The summed E-state index contributed by atoms with van der Waals surface area (Å²) in [6, 6.07) is 4.44. The Morgan fingerprint density at radius 3 is 2.88 bits per heavy atom. The first kappa shape index (κ1) is 13.7. The maximum absolute atomic E-state index is 13.1. The number of methoxy groups -OCH3 is 1. The Balaban J connectivity index is 2.55. The van der Waals surface area contributed by atoms with Crippen LogP contribution in [-0.4, -0.2) is 18.3 Å². The summed E-state index contributed by atoms with van der Waals surface area (Å²) in [6.07, 6.45) is 4.11. The van der Waals surface area contributed by atoms with E-state index in [1.807, 2.05) is 0 Å². The zero-order valence-corrected chi connectivity index (χ0v) is 10.2. The van der Waals surface area contributed by atoms with E-state index in [4.69, 9.17) is 4.74 Å². The summed E-state index contributed by atoms with van der Waals surface area (Å²) in [5.74, 6) is 0.392. The van der Waals surface area contributed by atoms with E-state index < -0.39 is 0 Å². The minimum absolute atomic E-state index is 0.276. The molecular formula is C14H19FO2. The Bertz CT molecular complexity index is 363. The van der Waals surface area contributed by atoms with Crippen LogP contribution < -0.4 is 4.74 Å². The molecule has 94 valence electrons. The van der Waals surface area contributed by atoms with Crippen LogP contribution in [0.2, 0.25) is 0 Å². The second-order valence-corrected chi connectivity index (χ2v) is 4.01. The number of aryl methyl sites for hydroxylation is 1. The maximum Gasteiger partial charge on any atom is 0.123 e. The minimum atomic E-state index is -0.374. The van der Waals surface area contributed by atoms with E-state index in [0.717, 1.165) is 12.0 Å². The number of rotatable bonds is 7. The van der Waals surface area contributed by atoms with Crippen LogP contribution in [0.5, 0.6) is 5.75 Å². The van der Waals surface area contributed by atoms with Crippen LogP contribution in [0.4, 0.5) is 4.39 Å². The van der Waals surface area contributed by atoms with Gasteiger partial charge in [0.05, 0.1) is 13.2 Å². The highest BCUT2D eigenvalue weighted by molar-refractivity contribution is 5.34. The van der Waals surface area contributed by atoms with E-state index in [9.17, 15) is 9.50 Å². The van der Waals surface area contributed by atoms with Crippen molar-refractivity contribution in [1.29, 1.82) is 0 Å². The van der Waals surface area contributed by atoms with Crippen LogP contribution in [0.1, 0.15) is 24.8 Å². The molecule has 1 rings (SSSR count). The van der Waals surface area contributed by atoms with Crippen LogP contribution >= 0.6 is 0 Å². The number of benzene rings is 1. The zero-order chi connectivity index (χ0) is 12.7. The molecule has 1 aromatic rings. The molecule has 0 aromatic heterocycles. The summed E-state index contributed by atoms with van der Waals surface area (Å²) >= 11 is 0. The summed E-state index contributed by atoms with van der Waals surface area (Å²) in [5.41, 5.74) is 0.796. The van der Waals surface area contributed by atoms with Crippen molar-refractivity contribution < 1.29 is 14.2 Å². The molecule has 0 saturated heterocycles. The number of ether oxygens (including phenoxy) is 1. The molecule has 0 amide bonds. The van der Waals surface area contributed by atoms with Crippen molar-refractivity contribution in [3.8, 4) is 5.75 Å². The molecule has 17 heavy (non-hydrogen) atoms. The lowest BCUT2D eigenvalue weighted by Gasteiger charge is -2.11. The van der Waals surface area contributed by atoms with Gasteiger partial charge in [0.25, 0.3) is 0 Å². The lowest BCUT2D eigenvalue weighted by atomic mass is 10.0. The third kappa shape index (κ3) is 4.57. The SMILES string of the molecule is C=CCC[C@H](O)CCc1cc(F)ccc1OC. The fraction of sp³-hybridized carbons (Fsp3) is 0.429. The van der Waals surface area contributed by atoms with Gasteiger partial charge in [-0.05, 0) is 49.4 Å². The summed E-state index contributed by atoms with van der Waals surface area (Å²) < 4.78 is 18.2. The molecule has 3 heteroatoms. The molecule has 0 radical (unpaired) electrons. The predicted octanol–water partition coefficient (Wildman–Crippen LogP) is 3.09. The van der Waals surface area contributed by atoms with Crippen molar-refractivity contribution in [2.75, 3.05) is 7.11 Å². The van der Waals surface area contributed by atoms with E-state index in [0.29, 0.717) is 25.0 Å². The van der Waals surface area contributed by atoms with Crippen LogP contribution in [0.15, 0.2) is 30.9 Å². The second-order valence-electron chi connectivity index (χ2n) is 4.01. The summed E-state index contributed by atoms with van der Waals surface area (Å²) in [4.78, 5) is 0. The van der Waals surface area contributed by atoms with Crippen molar-refractivity contribution in [3.05, 3.63) is 42.2 Å². The molecule has 0 fully saturated rings. The highest BCUT2D eigenvalue weighted by atomic mass is 19.1. The Labute approximate surface area is 102 Å². The number of allylic oxidation sites excluding steroid dienone is 1. The van der Waals surface area contributed by atoms with E-state index in [-0.39, 0.29) is 11.9 Å². The number of hydrogen-bond donors (Lipinski definition) is 1. The fourth-order valence-electron chi connectivity index (χ4n) is 1.72. The van der Waals surface area contributed by atoms with Gasteiger partial charge < -0.3 is 9.84 Å². The summed E-state index contributed by atoms with van der Waals surface area (Å²) in [7, 11) is 1.56. The molecule has 0 saturated carbocycles. The molecule has 0 unspecified atom stereocenters. The monoisotopic (exact) mass is 238 g/mol. The lowest BCUT2D eigenvalue weighted by molar-refractivity contribution is 0.156. The van der Waals surface area contributed by atoms with Crippen LogP contribution in [0.3, 0.4) is 0 Å². The second kappa shape index (κ2) is 7.07. The smallest absolute Gasteiger partial charge is 0.123 e. The van der Waals surface area contributed by atoms with Crippen LogP contribution in [0.25, 0.3) is 0 Å². The summed E-state index contributed by atoms with van der Waals surface area (Å²) in [6.45, 7) is 3.61. The van der Waals surface area contributed by atoms with E-state index in [1.54, 1.807) is 19.3 Å². The minimum Gasteiger partial charge on any atom is -0.496 e. The molecule has 0 aliphatic rings. The van der Waals surface area contributed by atoms with Gasteiger partial charge in [0.1, 0.15) is 11.6 Å². The van der Waals surface area contributed by atoms with E-state index in [2.05, 4.69) is 6.58 Å². The predicted molar refractivity (Wildman–Crippen MR) is 66.7 cm³/mol. The van der Waals surface area contributed by atoms with E-state index >= 15 is 0 Å². The van der Waals surface area contributed by atoms with Gasteiger partial charge >= 0.3 is 0 Å². The van der Waals surface area contributed by atoms with Gasteiger partial charge in [0.15, 0.2) is 0 Å². The van der Waals surface area contributed by atoms with Crippen molar-refractivity contribution >= 4 is 0 Å². The lowest BCUT2D eigenvalue weighted by Crippen LogP contribution is -2.08. The maximum atomic E-state index is 13.1. The average molecular weight is 238 g/mol. The molecule has 0 aliphatic carbocycles. The zero-order valence-electron chi connectivity index (χ0n) is 10.2. The number of aliphatic hydroxyl groups is 1. The van der Waals surface area contributed by atoms with Gasteiger partial charge in [0, 0.05) is 0 Å². The normalized spacial score (nSPS) is 12.2. The van der Waals surface area contributed by atoms with E-state index in [1.165, 1.54) is 12.1 Å². The molecule has 1 N–H and O–H groups in total. The van der Waals surface area contributed by atoms with Crippen molar-refractivity contribution in [2.24, 2.45) is 0 Å². The third-order valence-electron chi connectivity index (χ3n) is 2.69. The van der Waals surface area contributed by atoms with Gasteiger partial charge in [-0.2, -0.15) is 0 Å². The van der Waals surface area contributed by atoms with Crippen LogP contribution in [0, 0.1) is 5.82 Å². The first-order chi connectivity index (χ1) is 8.17. The van der Waals surface area contributed by atoms with Crippen molar-refractivity contribution in [3.63, 3.8) is 0 Å². The largest absolute Gasteiger partial charge is 0.496 e. The fourth-order valence-corrected chi connectivity index (χ4v) is 1.72. The van der Waals surface area contributed by atoms with Crippen LogP contribution in [-0.2, 0) is 6.42 Å². The van der Waals surface area contributed by atoms with Gasteiger partial charge in [-0.1, -0.05) is 6.08 Å². The number of hydrogen-bond acceptors (Lipinski definition) is 2. The Hall–Kier alpha value is -1.35. The Kier molecular flexibility index (Phi) is 5.70. The first-order valence-corrected chi connectivity index (χ1v) is 5.78. The first-order valence-electron chi connectivity index (χ1n) is 5.78. The average Bonchev–Trinajstić information content (AvgIpc) is 2.34. The van der Waals surface area contributed by atoms with Gasteiger partial charge in [-0.25, -0.2) is 4.39 Å². The van der Waals surface area contributed by atoms with Gasteiger partial charge in [-0.15, -0.1) is 6.58 Å². The quantitative estimate of drug-likeness (QED) is 0.740. The van der Waals surface area contributed by atoms with Gasteiger partial charge in [-0.3, -0.25) is 0 Å². The molecule has 1 aromatic carbocycles. The molecule has 0 spiro atoms. The Morgan fingerprint density at radius 2 is 2.24 bits per heavy atom. The molecule has 1 atom stereocenters. The van der Waals surface area contributed by atoms with Gasteiger partial charge in [0.2, 0.25) is 0 Å². The third-order valence-corrected chi connectivity index (χ3v) is 2.69. The number of aliphatic hydroxyl groups excluding tert-OH is 1. The standard InChI is InChI=1S/C14H19FO2/c1-3-4-5-13(16)8-6-11-10-12(15)7-9-14(11)17-2/h3,7,9-10,13,16H,1,4-6,8H2,2H3/t13-/m0/s1. The Morgan fingerprint density at radius 1 is 1.47 bits per heavy atom. The molecule has 2 nitrogen and oxygen atoms in total. The highest BCUT2D eigenvalue weighted by Gasteiger charge is 2.08. The molecule has 0 aliphatic heterocycles. The van der Waals surface area contributed by atoms with Crippen molar-refractivity contribution in [2.45, 2.75) is 31.8 Å². The number of halogens is 1.